The average Bonchev–Trinajstić information content (AvgIpc) is 3.43. The number of benzene rings is 2. The Balaban J connectivity index is 1.35. The van der Waals surface area contributed by atoms with Gasteiger partial charge in [-0.15, -0.1) is 11.3 Å². The third-order valence-electron chi connectivity index (χ3n) is 4.61. The lowest BCUT2D eigenvalue weighted by Crippen LogP contribution is -2.15. The largest absolute Gasteiger partial charge is 0.497 e. The van der Waals surface area contributed by atoms with Gasteiger partial charge >= 0.3 is 0 Å². The first-order chi connectivity index (χ1) is 14.6. The smallest absolute Gasteiger partial charge is 0.232 e. The Morgan fingerprint density at radius 2 is 2.03 bits per heavy atom. The SMILES string of the molecule is COc1ccc2nc(NC(=O)Cc3csc4nc(-c5ccc(Cl)cc5)cn34)sc2c1. The number of nitrogens with zero attached hydrogens (tertiary/aromatic N) is 3. The quantitative estimate of drug-likeness (QED) is 0.380. The Labute approximate surface area is 184 Å². The van der Waals surface area contributed by atoms with Crippen molar-refractivity contribution in [2.45, 2.75) is 6.42 Å². The number of thiazole rings is 2. The van der Waals surface area contributed by atoms with Crippen LogP contribution in [0.3, 0.4) is 0 Å². The molecule has 0 bridgehead atoms. The average molecular weight is 455 g/mol. The van der Waals surface area contributed by atoms with Crippen LogP contribution in [0, 0.1) is 0 Å². The number of aromatic nitrogens is 3. The summed E-state index contributed by atoms with van der Waals surface area (Å²) in [4.78, 5) is 22.6. The highest BCUT2D eigenvalue weighted by atomic mass is 35.5. The molecule has 0 saturated carbocycles. The van der Waals surface area contributed by atoms with Gasteiger partial charge in [0.25, 0.3) is 0 Å². The second-order valence-corrected chi connectivity index (χ2v) is 8.89. The third-order valence-corrected chi connectivity index (χ3v) is 6.68. The van der Waals surface area contributed by atoms with Crippen molar-refractivity contribution < 1.29 is 9.53 Å². The molecule has 1 N–H and O–H groups in total. The van der Waals surface area contributed by atoms with Gasteiger partial charge in [0.2, 0.25) is 5.91 Å². The fourth-order valence-electron chi connectivity index (χ4n) is 3.13. The second kappa shape index (κ2) is 7.71. The van der Waals surface area contributed by atoms with Crippen molar-refractivity contribution in [3.63, 3.8) is 0 Å². The van der Waals surface area contributed by atoms with Gasteiger partial charge in [-0.25, -0.2) is 9.97 Å². The van der Waals surface area contributed by atoms with Crippen LogP contribution in [0.25, 0.3) is 26.4 Å². The highest BCUT2D eigenvalue weighted by Crippen LogP contribution is 2.29. The molecule has 30 heavy (non-hydrogen) atoms. The van der Waals surface area contributed by atoms with Gasteiger partial charge in [-0.2, -0.15) is 0 Å². The highest BCUT2D eigenvalue weighted by molar-refractivity contribution is 7.22. The number of anilines is 1. The summed E-state index contributed by atoms with van der Waals surface area (Å²) in [5.74, 6) is 0.642. The zero-order chi connectivity index (χ0) is 20.7. The minimum Gasteiger partial charge on any atom is -0.497 e. The first kappa shape index (κ1) is 19.0. The van der Waals surface area contributed by atoms with E-state index in [-0.39, 0.29) is 12.3 Å². The topological polar surface area (TPSA) is 68.5 Å². The Morgan fingerprint density at radius 1 is 1.20 bits per heavy atom. The van der Waals surface area contributed by atoms with Crippen molar-refractivity contribution in [1.29, 1.82) is 0 Å². The van der Waals surface area contributed by atoms with Gasteiger partial charge in [0.05, 0.1) is 29.4 Å². The van der Waals surface area contributed by atoms with Crippen molar-refractivity contribution in [3.05, 3.63) is 64.8 Å². The lowest BCUT2D eigenvalue weighted by atomic mass is 10.2. The number of hydrogen-bond acceptors (Lipinski definition) is 6. The van der Waals surface area contributed by atoms with Crippen molar-refractivity contribution in [2.24, 2.45) is 0 Å². The summed E-state index contributed by atoms with van der Waals surface area (Å²) in [6.45, 7) is 0. The van der Waals surface area contributed by atoms with Crippen LogP contribution in [-0.4, -0.2) is 27.4 Å². The van der Waals surface area contributed by atoms with Gasteiger partial charge in [0.15, 0.2) is 10.1 Å². The van der Waals surface area contributed by atoms with Crippen LogP contribution in [-0.2, 0) is 11.2 Å². The van der Waals surface area contributed by atoms with Gasteiger partial charge in [-0.05, 0) is 30.3 Å². The van der Waals surface area contributed by atoms with E-state index in [0.29, 0.717) is 10.2 Å². The number of ether oxygens (including phenoxy) is 1. The van der Waals surface area contributed by atoms with E-state index in [4.69, 9.17) is 16.3 Å². The molecule has 0 radical (unpaired) electrons. The Kier molecular flexibility index (Phi) is 4.90. The molecule has 0 saturated heterocycles. The predicted octanol–water partition coefficient (Wildman–Crippen LogP) is 5.52. The third kappa shape index (κ3) is 3.65. The lowest BCUT2D eigenvalue weighted by Gasteiger charge is -2.01. The van der Waals surface area contributed by atoms with Crippen LogP contribution < -0.4 is 10.1 Å². The first-order valence-electron chi connectivity index (χ1n) is 9.05. The van der Waals surface area contributed by atoms with Gasteiger partial charge in [0.1, 0.15) is 5.75 Å². The van der Waals surface area contributed by atoms with E-state index in [2.05, 4.69) is 15.3 Å². The van der Waals surface area contributed by atoms with Gasteiger partial charge < -0.3 is 10.1 Å². The second-order valence-electron chi connectivity index (χ2n) is 6.59. The zero-order valence-corrected chi connectivity index (χ0v) is 18.1. The zero-order valence-electron chi connectivity index (χ0n) is 15.8. The maximum atomic E-state index is 12.6. The van der Waals surface area contributed by atoms with Crippen molar-refractivity contribution in [1.82, 2.24) is 14.4 Å². The minimum atomic E-state index is -0.123. The molecule has 3 aromatic heterocycles. The van der Waals surface area contributed by atoms with Crippen LogP contribution in [0.5, 0.6) is 5.75 Å². The van der Waals surface area contributed by atoms with Crippen LogP contribution in [0.2, 0.25) is 5.02 Å². The number of carbonyl (C=O) groups is 1. The molecule has 0 aliphatic rings. The molecule has 9 heteroatoms. The standard InChI is InChI=1S/C21H15ClN4O2S2/c1-28-15-6-7-16-18(9-15)30-20(23-16)25-19(27)8-14-11-29-21-24-17(10-26(14)21)12-2-4-13(22)5-3-12/h2-7,9-11H,8H2,1H3,(H,23,25,27). The number of amides is 1. The molecular formula is C21H15ClN4O2S2. The number of rotatable bonds is 5. The van der Waals surface area contributed by atoms with Crippen molar-refractivity contribution in [2.75, 3.05) is 12.4 Å². The van der Waals surface area contributed by atoms with E-state index in [9.17, 15) is 4.79 Å². The summed E-state index contributed by atoms with van der Waals surface area (Å²) in [6, 6.07) is 13.2. The molecule has 6 nitrogen and oxygen atoms in total. The number of methoxy groups -OCH3 is 1. The van der Waals surface area contributed by atoms with Crippen LogP contribution in [0.1, 0.15) is 5.69 Å². The van der Waals surface area contributed by atoms with E-state index >= 15 is 0 Å². The molecule has 1 amide bonds. The number of fused-ring (bicyclic) bond motifs is 2. The van der Waals surface area contributed by atoms with E-state index in [1.165, 1.54) is 22.7 Å². The Morgan fingerprint density at radius 3 is 2.83 bits per heavy atom. The maximum absolute atomic E-state index is 12.6. The molecule has 5 rings (SSSR count). The fourth-order valence-corrected chi connectivity index (χ4v) is 5.04. The molecule has 3 heterocycles. The lowest BCUT2D eigenvalue weighted by molar-refractivity contribution is -0.115. The van der Waals surface area contributed by atoms with Crippen LogP contribution in [0.4, 0.5) is 5.13 Å². The molecule has 0 unspecified atom stereocenters. The molecular weight excluding hydrogens is 440 g/mol. The van der Waals surface area contributed by atoms with E-state index in [1.807, 2.05) is 58.4 Å². The summed E-state index contributed by atoms with van der Waals surface area (Å²) >= 11 is 8.90. The molecule has 0 aliphatic carbocycles. The maximum Gasteiger partial charge on any atom is 0.232 e. The molecule has 150 valence electrons. The van der Waals surface area contributed by atoms with Gasteiger partial charge in [0, 0.05) is 27.9 Å². The Bertz CT molecular complexity index is 1370. The van der Waals surface area contributed by atoms with Crippen molar-refractivity contribution in [3.8, 4) is 17.0 Å². The van der Waals surface area contributed by atoms with Crippen molar-refractivity contribution >= 4 is 60.5 Å². The number of halogens is 1. The normalized spacial score (nSPS) is 11.3. The monoisotopic (exact) mass is 454 g/mol. The number of carbonyl (C=O) groups excluding carboxylic acids is 1. The summed E-state index contributed by atoms with van der Waals surface area (Å²) in [5.41, 5.74) is 3.54. The van der Waals surface area contributed by atoms with Gasteiger partial charge in [-0.3, -0.25) is 9.20 Å². The molecule has 0 aliphatic heterocycles. The number of imidazole rings is 1. The fraction of sp³-hybridized carbons (Fsp3) is 0.0952. The molecule has 5 aromatic rings. The summed E-state index contributed by atoms with van der Waals surface area (Å²) in [5, 5.41) is 6.11. The molecule has 2 aromatic carbocycles. The Hall–Kier alpha value is -2.94. The van der Waals surface area contributed by atoms with Gasteiger partial charge in [-0.1, -0.05) is 35.1 Å². The highest BCUT2D eigenvalue weighted by Gasteiger charge is 2.14. The van der Waals surface area contributed by atoms with Crippen LogP contribution >= 0.6 is 34.3 Å². The number of hydrogen-bond donors (Lipinski definition) is 1. The molecule has 0 spiro atoms. The van der Waals surface area contributed by atoms with Crippen LogP contribution in [0.15, 0.2) is 54.0 Å². The first-order valence-corrected chi connectivity index (χ1v) is 11.1. The summed E-state index contributed by atoms with van der Waals surface area (Å²) in [6.07, 6.45) is 2.18. The summed E-state index contributed by atoms with van der Waals surface area (Å²) < 4.78 is 8.16. The summed E-state index contributed by atoms with van der Waals surface area (Å²) in [7, 11) is 1.63. The predicted molar refractivity (Wildman–Crippen MR) is 122 cm³/mol. The minimum absolute atomic E-state index is 0.123. The van der Waals surface area contributed by atoms with E-state index in [1.54, 1.807) is 7.11 Å². The molecule has 0 fully saturated rings. The van der Waals surface area contributed by atoms with E-state index in [0.717, 1.165) is 37.9 Å². The number of nitrogens with one attached hydrogen (secondary N) is 1. The van der Waals surface area contributed by atoms with E-state index < -0.39 is 0 Å². The molecule has 0 atom stereocenters.